The Bertz CT molecular complexity index is 918. The molecule has 4 rings (SSSR count). The third kappa shape index (κ3) is 2.78. The normalized spacial score (nSPS) is 16.2. The molecule has 1 aliphatic rings. The first-order valence-corrected chi connectivity index (χ1v) is 8.25. The molecule has 3 aromatic rings. The summed E-state index contributed by atoms with van der Waals surface area (Å²) in [5.74, 6) is 0.705. The molecule has 1 atom stereocenters. The third-order valence-electron chi connectivity index (χ3n) is 4.49. The molecule has 0 spiro atoms. The number of aromatic nitrogens is 1. The highest BCUT2D eigenvalue weighted by Crippen LogP contribution is 2.35. The van der Waals surface area contributed by atoms with Gasteiger partial charge in [0.25, 0.3) is 5.91 Å². The van der Waals surface area contributed by atoms with Gasteiger partial charge in [0.2, 0.25) is 0 Å². The van der Waals surface area contributed by atoms with Crippen LogP contribution in [-0.4, -0.2) is 15.8 Å². The maximum absolute atomic E-state index is 12.9. The van der Waals surface area contributed by atoms with Crippen LogP contribution in [0.2, 0.25) is 0 Å². The molecular formula is C20H19N3O2. The van der Waals surface area contributed by atoms with Gasteiger partial charge in [-0.3, -0.25) is 9.78 Å². The summed E-state index contributed by atoms with van der Waals surface area (Å²) in [6, 6.07) is 13.6. The van der Waals surface area contributed by atoms with E-state index in [0.29, 0.717) is 12.1 Å². The summed E-state index contributed by atoms with van der Waals surface area (Å²) in [6.07, 6.45) is 3.02. The quantitative estimate of drug-likeness (QED) is 0.782. The van der Waals surface area contributed by atoms with Crippen molar-refractivity contribution in [1.29, 1.82) is 0 Å². The summed E-state index contributed by atoms with van der Waals surface area (Å²) in [5.41, 5.74) is 4.68. The predicted octanol–water partition coefficient (Wildman–Crippen LogP) is 4.06. The van der Waals surface area contributed by atoms with E-state index in [-0.39, 0.29) is 12.1 Å². The second-order valence-corrected chi connectivity index (χ2v) is 6.31. The number of nitrogens with zero attached hydrogens (tertiary/aromatic N) is 2. The van der Waals surface area contributed by atoms with Gasteiger partial charge < -0.3 is 14.6 Å². The van der Waals surface area contributed by atoms with Gasteiger partial charge in [-0.1, -0.05) is 12.1 Å². The third-order valence-corrected chi connectivity index (χ3v) is 4.49. The summed E-state index contributed by atoms with van der Waals surface area (Å²) in [7, 11) is 0. The fourth-order valence-corrected chi connectivity index (χ4v) is 3.15. The molecule has 25 heavy (non-hydrogen) atoms. The number of hydrogen-bond donors (Lipinski definition) is 1. The Hall–Kier alpha value is -3.08. The van der Waals surface area contributed by atoms with E-state index in [4.69, 9.17) is 4.42 Å². The predicted molar refractivity (Wildman–Crippen MR) is 95.1 cm³/mol. The molecule has 5 nitrogen and oxygen atoms in total. The standard InChI is InChI=1S/C20H19N3O2/c1-13-7-8-14(2)17(11-13)22-19-18-16(6-3-9-21-18)20(24)23(19)12-15-5-4-10-25-15/h3-11,19,22H,12H2,1-2H3/t19-/m1/s1. The highest BCUT2D eigenvalue weighted by molar-refractivity contribution is 5.98. The van der Waals surface area contributed by atoms with Crippen molar-refractivity contribution in [2.24, 2.45) is 0 Å². The number of carbonyl (C=O) groups excluding carboxylic acids is 1. The molecule has 1 aliphatic heterocycles. The molecule has 0 radical (unpaired) electrons. The Balaban J connectivity index is 1.72. The van der Waals surface area contributed by atoms with Gasteiger partial charge >= 0.3 is 0 Å². The van der Waals surface area contributed by atoms with Gasteiger partial charge in [0.1, 0.15) is 11.9 Å². The number of rotatable bonds is 4. The molecule has 5 heteroatoms. The van der Waals surface area contributed by atoms with Gasteiger partial charge in [0, 0.05) is 11.9 Å². The summed E-state index contributed by atoms with van der Waals surface area (Å²) in [4.78, 5) is 19.1. The molecule has 2 aromatic heterocycles. The average molecular weight is 333 g/mol. The van der Waals surface area contributed by atoms with Crippen molar-refractivity contribution < 1.29 is 9.21 Å². The lowest BCUT2D eigenvalue weighted by Gasteiger charge is -2.26. The van der Waals surface area contributed by atoms with Crippen molar-refractivity contribution in [2.45, 2.75) is 26.6 Å². The average Bonchev–Trinajstić information content (AvgIpc) is 3.21. The van der Waals surface area contributed by atoms with Crippen molar-refractivity contribution in [3.63, 3.8) is 0 Å². The molecule has 1 amide bonds. The maximum atomic E-state index is 12.9. The molecule has 0 unspecified atom stereocenters. The molecule has 0 fully saturated rings. The minimum Gasteiger partial charge on any atom is -0.467 e. The first-order valence-electron chi connectivity index (χ1n) is 8.25. The number of carbonyl (C=O) groups is 1. The zero-order valence-electron chi connectivity index (χ0n) is 14.2. The second kappa shape index (κ2) is 6.09. The lowest BCUT2D eigenvalue weighted by atomic mass is 10.1. The summed E-state index contributed by atoms with van der Waals surface area (Å²) < 4.78 is 5.44. The van der Waals surface area contributed by atoms with Gasteiger partial charge in [-0.15, -0.1) is 0 Å². The lowest BCUT2D eigenvalue weighted by Crippen LogP contribution is -2.32. The van der Waals surface area contributed by atoms with E-state index < -0.39 is 0 Å². The zero-order valence-corrected chi connectivity index (χ0v) is 14.2. The number of furan rings is 1. The van der Waals surface area contributed by atoms with E-state index in [2.05, 4.69) is 42.3 Å². The number of benzene rings is 1. The van der Waals surface area contributed by atoms with Crippen molar-refractivity contribution in [2.75, 3.05) is 5.32 Å². The van der Waals surface area contributed by atoms with Crippen LogP contribution in [0.25, 0.3) is 0 Å². The summed E-state index contributed by atoms with van der Waals surface area (Å²) in [6.45, 7) is 4.50. The number of fused-ring (bicyclic) bond motifs is 1. The van der Waals surface area contributed by atoms with Gasteiger partial charge in [-0.25, -0.2) is 0 Å². The molecule has 1 aromatic carbocycles. The largest absolute Gasteiger partial charge is 0.467 e. The molecule has 126 valence electrons. The number of hydrogen-bond acceptors (Lipinski definition) is 4. The molecule has 0 saturated carbocycles. The van der Waals surface area contributed by atoms with Crippen LogP contribution in [0.3, 0.4) is 0 Å². The molecule has 0 aliphatic carbocycles. The Kier molecular flexibility index (Phi) is 3.76. The Morgan fingerprint density at radius 1 is 1.20 bits per heavy atom. The number of nitrogens with one attached hydrogen (secondary N) is 1. The highest BCUT2D eigenvalue weighted by atomic mass is 16.3. The maximum Gasteiger partial charge on any atom is 0.258 e. The Morgan fingerprint density at radius 2 is 2.08 bits per heavy atom. The van der Waals surface area contributed by atoms with E-state index in [0.717, 1.165) is 28.3 Å². The van der Waals surface area contributed by atoms with E-state index >= 15 is 0 Å². The Labute approximate surface area is 146 Å². The van der Waals surface area contributed by atoms with Crippen LogP contribution in [-0.2, 0) is 6.54 Å². The number of pyridine rings is 1. The first-order chi connectivity index (χ1) is 12.1. The van der Waals surface area contributed by atoms with Crippen LogP contribution in [0, 0.1) is 13.8 Å². The highest BCUT2D eigenvalue weighted by Gasteiger charge is 2.38. The second-order valence-electron chi connectivity index (χ2n) is 6.31. The van der Waals surface area contributed by atoms with Gasteiger partial charge in [-0.05, 0) is 55.3 Å². The van der Waals surface area contributed by atoms with E-state index in [1.165, 1.54) is 0 Å². The van der Waals surface area contributed by atoms with Crippen LogP contribution < -0.4 is 5.32 Å². The summed E-state index contributed by atoms with van der Waals surface area (Å²) in [5, 5.41) is 3.50. The molecule has 1 N–H and O–H groups in total. The van der Waals surface area contributed by atoms with Crippen molar-refractivity contribution >= 4 is 11.6 Å². The molecule has 3 heterocycles. The number of aryl methyl sites for hydroxylation is 2. The van der Waals surface area contributed by atoms with Crippen LogP contribution in [0.4, 0.5) is 5.69 Å². The van der Waals surface area contributed by atoms with Crippen LogP contribution >= 0.6 is 0 Å². The smallest absolute Gasteiger partial charge is 0.258 e. The van der Waals surface area contributed by atoms with Crippen LogP contribution in [0.15, 0.2) is 59.3 Å². The van der Waals surface area contributed by atoms with Gasteiger partial charge in [0.05, 0.1) is 24.1 Å². The van der Waals surface area contributed by atoms with Gasteiger partial charge in [0.15, 0.2) is 0 Å². The SMILES string of the molecule is Cc1ccc(C)c(N[C@H]2c3ncccc3C(=O)N2Cc2ccco2)c1. The van der Waals surface area contributed by atoms with Crippen LogP contribution in [0.1, 0.15) is 39.1 Å². The lowest BCUT2D eigenvalue weighted by molar-refractivity contribution is 0.0714. The minimum absolute atomic E-state index is 0.0395. The van der Waals surface area contributed by atoms with Crippen molar-refractivity contribution in [1.82, 2.24) is 9.88 Å². The topological polar surface area (TPSA) is 58.4 Å². The van der Waals surface area contributed by atoms with Gasteiger partial charge in [-0.2, -0.15) is 0 Å². The van der Waals surface area contributed by atoms with E-state index in [1.54, 1.807) is 23.4 Å². The minimum atomic E-state index is -0.325. The van der Waals surface area contributed by atoms with Crippen LogP contribution in [0.5, 0.6) is 0 Å². The zero-order chi connectivity index (χ0) is 17.4. The van der Waals surface area contributed by atoms with Crippen molar-refractivity contribution in [3.05, 3.63) is 83.1 Å². The first kappa shape index (κ1) is 15.4. The monoisotopic (exact) mass is 333 g/mol. The fourth-order valence-electron chi connectivity index (χ4n) is 3.15. The molecular weight excluding hydrogens is 314 g/mol. The number of anilines is 1. The van der Waals surface area contributed by atoms with E-state index in [9.17, 15) is 4.79 Å². The molecule has 0 bridgehead atoms. The van der Waals surface area contributed by atoms with E-state index in [1.807, 2.05) is 18.2 Å². The molecule has 0 saturated heterocycles. The van der Waals surface area contributed by atoms with Crippen molar-refractivity contribution in [3.8, 4) is 0 Å². The Morgan fingerprint density at radius 3 is 2.88 bits per heavy atom. The number of amides is 1. The fraction of sp³-hybridized carbons (Fsp3) is 0.200. The summed E-state index contributed by atoms with van der Waals surface area (Å²) >= 11 is 0.